The summed E-state index contributed by atoms with van der Waals surface area (Å²) < 4.78 is 0.967. The Hall–Kier alpha value is -2.01. The van der Waals surface area contributed by atoms with Crippen LogP contribution >= 0.6 is 15.9 Å². The van der Waals surface area contributed by atoms with E-state index in [2.05, 4.69) is 31.2 Å². The second-order valence-corrected chi connectivity index (χ2v) is 4.91. The third-order valence-electron chi connectivity index (χ3n) is 2.71. The zero-order valence-electron chi connectivity index (χ0n) is 9.44. The maximum absolute atomic E-state index is 5.95. The highest BCUT2D eigenvalue weighted by atomic mass is 79.9. The van der Waals surface area contributed by atoms with Gasteiger partial charge in [0, 0.05) is 10.2 Å². The topological polar surface area (TPSA) is 66.7 Å². The van der Waals surface area contributed by atoms with E-state index < -0.39 is 0 Å². The van der Waals surface area contributed by atoms with Gasteiger partial charge in [0.2, 0.25) is 0 Å². The van der Waals surface area contributed by atoms with Gasteiger partial charge in [0.15, 0.2) is 0 Å². The maximum Gasteiger partial charge on any atom is 0.0931 e. The van der Waals surface area contributed by atoms with E-state index in [1.54, 1.807) is 6.33 Å². The molecule has 0 aliphatic heterocycles. The highest BCUT2D eigenvalue weighted by Gasteiger charge is 2.02. The van der Waals surface area contributed by atoms with Gasteiger partial charge in [-0.05, 0) is 36.4 Å². The van der Waals surface area contributed by atoms with E-state index in [9.17, 15) is 0 Å². The summed E-state index contributed by atoms with van der Waals surface area (Å²) in [6.07, 6.45) is 1.68. The molecule has 0 aliphatic rings. The highest BCUT2D eigenvalue weighted by molar-refractivity contribution is 9.10. The summed E-state index contributed by atoms with van der Waals surface area (Å²) in [5.74, 6) is 0. The Balaban J connectivity index is 1.95. The lowest BCUT2D eigenvalue weighted by Crippen LogP contribution is -1.96. The van der Waals surface area contributed by atoms with E-state index in [1.807, 2.05) is 36.4 Å². The van der Waals surface area contributed by atoms with Gasteiger partial charge in [-0.3, -0.25) is 0 Å². The van der Waals surface area contributed by atoms with Gasteiger partial charge in [-0.25, -0.2) is 4.98 Å². The number of fused-ring (bicyclic) bond motifs is 1. The lowest BCUT2D eigenvalue weighted by Gasteiger charge is -2.09. The van der Waals surface area contributed by atoms with Crippen LogP contribution in [0.4, 0.5) is 17.1 Å². The molecule has 0 atom stereocenters. The van der Waals surface area contributed by atoms with Crippen LogP contribution in [0, 0.1) is 0 Å². The first kappa shape index (κ1) is 11.1. The average Bonchev–Trinajstić information content (AvgIpc) is 2.80. The molecule has 0 bridgehead atoms. The van der Waals surface area contributed by atoms with Crippen LogP contribution in [-0.2, 0) is 0 Å². The van der Waals surface area contributed by atoms with Crippen LogP contribution in [0.1, 0.15) is 0 Å². The summed E-state index contributed by atoms with van der Waals surface area (Å²) in [6, 6.07) is 11.7. The Morgan fingerprint density at radius 2 is 2.06 bits per heavy atom. The molecule has 2 aromatic carbocycles. The summed E-state index contributed by atoms with van der Waals surface area (Å²) in [6.45, 7) is 0. The number of aromatic nitrogens is 2. The number of nitrogens with one attached hydrogen (secondary N) is 2. The van der Waals surface area contributed by atoms with Crippen molar-refractivity contribution in [3.05, 3.63) is 47.2 Å². The normalized spacial score (nSPS) is 10.7. The van der Waals surface area contributed by atoms with Crippen LogP contribution in [0.15, 0.2) is 47.2 Å². The van der Waals surface area contributed by atoms with E-state index in [1.165, 1.54) is 0 Å². The largest absolute Gasteiger partial charge is 0.397 e. The number of aromatic amines is 1. The monoisotopic (exact) mass is 302 g/mol. The Morgan fingerprint density at radius 1 is 1.17 bits per heavy atom. The van der Waals surface area contributed by atoms with Gasteiger partial charge >= 0.3 is 0 Å². The summed E-state index contributed by atoms with van der Waals surface area (Å²) in [5.41, 5.74) is 10.5. The molecule has 3 rings (SSSR count). The third-order valence-corrected chi connectivity index (χ3v) is 3.21. The molecule has 18 heavy (non-hydrogen) atoms. The van der Waals surface area contributed by atoms with Gasteiger partial charge in [-0.1, -0.05) is 15.9 Å². The molecule has 0 fully saturated rings. The number of benzene rings is 2. The molecule has 3 aromatic rings. The number of rotatable bonds is 2. The molecule has 0 saturated carbocycles. The lowest BCUT2D eigenvalue weighted by atomic mass is 10.2. The van der Waals surface area contributed by atoms with E-state index >= 15 is 0 Å². The van der Waals surface area contributed by atoms with Gasteiger partial charge in [0.05, 0.1) is 28.7 Å². The van der Waals surface area contributed by atoms with Crippen molar-refractivity contribution in [2.75, 3.05) is 11.1 Å². The molecule has 0 radical (unpaired) electrons. The molecule has 1 heterocycles. The fourth-order valence-corrected chi connectivity index (χ4v) is 2.20. The summed E-state index contributed by atoms with van der Waals surface area (Å²) in [7, 11) is 0. The lowest BCUT2D eigenvalue weighted by molar-refractivity contribution is 1.34. The van der Waals surface area contributed by atoms with Gasteiger partial charge in [0.1, 0.15) is 0 Å². The highest BCUT2D eigenvalue weighted by Crippen LogP contribution is 2.27. The Morgan fingerprint density at radius 3 is 2.89 bits per heavy atom. The zero-order chi connectivity index (χ0) is 12.5. The number of nitrogen functional groups attached to an aromatic ring is 1. The van der Waals surface area contributed by atoms with Crippen molar-refractivity contribution >= 4 is 44.0 Å². The van der Waals surface area contributed by atoms with Crippen molar-refractivity contribution < 1.29 is 0 Å². The first-order chi connectivity index (χ1) is 8.72. The van der Waals surface area contributed by atoms with Crippen LogP contribution in [0.2, 0.25) is 0 Å². The maximum atomic E-state index is 5.95. The van der Waals surface area contributed by atoms with Crippen LogP contribution in [0.3, 0.4) is 0 Å². The minimum absolute atomic E-state index is 0.703. The molecule has 0 amide bonds. The third kappa shape index (κ3) is 2.04. The summed E-state index contributed by atoms with van der Waals surface area (Å²) >= 11 is 3.39. The Labute approximate surface area is 112 Å². The second kappa shape index (κ2) is 4.34. The van der Waals surface area contributed by atoms with Crippen LogP contribution < -0.4 is 11.1 Å². The Bertz CT molecular complexity index is 705. The molecule has 0 saturated heterocycles. The molecule has 1 aromatic heterocycles. The van der Waals surface area contributed by atoms with E-state index in [4.69, 9.17) is 5.73 Å². The number of nitrogens with two attached hydrogens (primary N) is 1. The predicted molar refractivity (Wildman–Crippen MR) is 77.9 cm³/mol. The number of halogens is 1. The van der Waals surface area contributed by atoms with Crippen LogP contribution in [0.25, 0.3) is 11.0 Å². The van der Waals surface area contributed by atoms with E-state index in [0.717, 1.165) is 26.9 Å². The number of imidazole rings is 1. The predicted octanol–water partition coefficient (Wildman–Crippen LogP) is 3.65. The fraction of sp³-hybridized carbons (Fsp3) is 0. The van der Waals surface area contributed by atoms with Crippen molar-refractivity contribution in [1.29, 1.82) is 0 Å². The Kier molecular flexibility index (Phi) is 2.68. The first-order valence-electron chi connectivity index (χ1n) is 5.47. The van der Waals surface area contributed by atoms with Gasteiger partial charge in [0.25, 0.3) is 0 Å². The molecule has 4 nitrogen and oxygen atoms in total. The molecule has 0 unspecified atom stereocenters. The minimum atomic E-state index is 0.703. The summed E-state index contributed by atoms with van der Waals surface area (Å²) in [5, 5.41) is 3.29. The number of hydrogen-bond acceptors (Lipinski definition) is 3. The van der Waals surface area contributed by atoms with Gasteiger partial charge in [-0.15, -0.1) is 0 Å². The zero-order valence-corrected chi connectivity index (χ0v) is 11.0. The number of nitrogens with zero attached hydrogens (tertiary/aromatic N) is 1. The van der Waals surface area contributed by atoms with Crippen molar-refractivity contribution in [2.45, 2.75) is 0 Å². The van der Waals surface area contributed by atoms with Crippen LogP contribution in [-0.4, -0.2) is 9.97 Å². The number of H-pyrrole nitrogens is 1. The molecule has 5 heteroatoms. The molecule has 0 aliphatic carbocycles. The standard InChI is InChI=1S/C13H11BrN4/c14-8-1-3-11(10(15)5-8)18-9-2-4-12-13(6-9)17-7-16-12/h1-7,18H,15H2,(H,16,17). The first-order valence-corrected chi connectivity index (χ1v) is 6.27. The minimum Gasteiger partial charge on any atom is -0.397 e. The van der Waals surface area contributed by atoms with Crippen molar-refractivity contribution in [3.63, 3.8) is 0 Å². The fourth-order valence-electron chi connectivity index (χ4n) is 1.82. The van der Waals surface area contributed by atoms with Crippen molar-refractivity contribution in [3.8, 4) is 0 Å². The van der Waals surface area contributed by atoms with Gasteiger partial charge in [-0.2, -0.15) is 0 Å². The summed E-state index contributed by atoms with van der Waals surface area (Å²) in [4.78, 5) is 7.26. The molecular weight excluding hydrogens is 292 g/mol. The van der Waals surface area contributed by atoms with Gasteiger partial charge < -0.3 is 16.0 Å². The SMILES string of the molecule is Nc1cc(Br)ccc1Nc1ccc2nc[nH]c2c1. The smallest absolute Gasteiger partial charge is 0.0931 e. The number of anilines is 3. The number of hydrogen-bond donors (Lipinski definition) is 3. The molecular formula is C13H11BrN4. The average molecular weight is 303 g/mol. The quantitative estimate of drug-likeness (QED) is 0.633. The van der Waals surface area contributed by atoms with Crippen molar-refractivity contribution in [1.82, 2.24) is 9.97 Å². The van der Waals surface area contributed by atoms with Crippen LogP contribution in [0.5, 0.6) is 0 Å². The van der Waals surface area contributed by atoms with Crippen molar-refractivity contribution in [2.24, 2.45) is 0 Å². The molecule has 4 N–H and O–H groups in total. The molecule has 90 valence electrons. The van der Waals surface area contributed by atoms with E-state index in [-0.39, 0.29) is 0 Å². The second-order valence-electron chi connectivity index (χ2n) is 3.99. The molecule has 0 spiro atoms. The van der Waals surface area contributed by atoms with E-state index in [0.29, 0.717) is 5.69 Å².